The highest BCUT2D eigenvalue weighted by molar-refractivity contribution is 6.21. The first kappa shape index (κ1) is 11.3. The lowest BCUT2D eigenvalue weighted by atomic mass is 9.84. The Morgan fingerprint density at radius 2 is 2.18 bits per heavy atom. The van der Waals surface area contributed by atoms with E-state index in [0.29, 0.717) is 5.38 Å². The molecular formula is C13H18ClN3. The number of nitrogens with zero attached hydrogens (tertiary/aromatic N) is 3. The predicted molar refractivity (Wildman–Crippen MR) is 69.7 cm³/mol. The van der Waals surface area contributed by atoms with E-state index in [4.69, 9.17) is 11.6 Å². The third-order valence-electron chi connectivity index (χ3n) is 3.92. The van der Waals surface area contributed by atoms with Crippen molar-refractivity contribution in [3.05, 3.63) is 17.6 Å². The van der Waals surface area contributed by atoms with Crippen molar-refractivity contribution in [1.82, 2.24) is 9.97 Å². The molecule has 0 spiro atoms. The molecule has 1 heterocycles. The van der Waals surface area contributed by atoms with E-state index in [9.17, 15) is 0 Å². The van der Waals surface area contributed by atoms with Crippen LogP contribution in [0.2, 0.25) is 0 Å². The molecule has 92 valence electrons. The summed E-state index contributed by atoms with van der Waals surface area (Å²) in [6, 6.07) is 0. The van der Waals surface area contributed by atoms with E-state index in [0.717, 1.165) is 44.0 Å². The Kier molecular flexibility index (Phi) is 2.95. The van der Waals surface area contributed by atoms with Crippen LogP contribution in [-0.2, 0) is 12.8 Å². The summed E-state index contributed by atoms with van der Waals surface area (Å²) in [7, 11) is 2.14. The van der Waals surface area contributed by atoms with Gasteiger partial charge in [-0.15, -0.1) is 11.6 Å². The Bertz CT molecular complexity index is 415. The smallest absolute Gasteiger partial charge is 0.135 e. The zero-order chi connectivity index (χ0) is 11.8. The summed E-state index contributed by atoms with van der Waals surface area (Å²) in [5, 5.41) is 0.407. The Balaban J connectivity index is 1.73. The van der Waals surface area contributed by atoms with Crippen molar-refractivity contribution in [2.75, 3.05) is 18.5 Å². The number of halogens is 1. The van der Waals surface area contributed by atoms with Gasteiger partial charge in [-0.05, 0) is 38.0 Å². The molecule has 0 aromatic carbocycles. The number of hydrogen-bond acceptors (Lipinski definition) is 3. The maximum Gasteiger partial charge on any atom is 0.135 e. The number of hydrogen-bond donors (Lipinski definition) is 0. The number of rotatable bonds is 3. The van der Waals surface area contributed by atoms with Crippen molar-refractivity contribution in [1.29, 1.82) is 0 Å². The molecule has 1 aromatic rings. The van der Waals surface area contributed by atoms with E-state index in [1.54, 1.807) is 6.33 Å². The standard InChI is InChI=1S/C13H18ClN3/c1-17(7-9-5-10(14)6-9)13-11-3-2-4-12(11)15-8-16-13/h8-10H,2-7H2,1H3. The van der Waals surface area contributed by atoms with Crippen molar-refractivity contribution < 1.29 is 0 Å². The zero-order valence-electron chi connectivity index (χ0n) is 10.2. The lowest BCUT2D eigenvalue weighted by Gasteiger charge is -2.34. The summed E-state index contributed by atoms with van der Waals surface area (Å²) in [6.45, 7) is 1.08. The molecule has 0 bridgehead atoms. The lowest BCUT2D eigenvalue weighted by molar-refractivity contribution is 0.328. The van der Waals surface area contributed by atoms with Gasteiger partial charge in [0, 0.05) is 30.2 Å². The average Bonchev–Trinajstić information content (AvgIpc) is 2.74. The molecule has 0 N–H and O–H groups in total. The normalized spacial score (nSPS) is 26.5. The van der Waals surface area contributed by atoms with E-state index in [1.165, 1.54) is 17.7 Å². The molecule has 3 rings (SSSR count). The molecule has 1 aromatic heterocycles. The van der Waals surface area contributed by atoms with E-state index in [2.05, 4.69) is 21.9 Å². The van der Waals surface area contributed by atoms with Gasteiger partial charge in [-0.2, -0.15) is 0 Å². The second-order valence-electron chi connectivity index (χ2n) is 5.29. The fraction of sp³-hybridized carbons (Fsp3) is 0.692. The summed E-state index contributed by atoms with van der Waals surface area (Å²) in [6.07, 6.45) is 7.49. The number of anilines is 1. The largest absolute Gasteiger partial charge is 0.359 e. The van der Waals surface area contributed by atoms with Crippen molar-refractivity contribution in [2.24, 2.45) is 5.92 Å². The maximum atomic E-state index is 6.02. The second-order valence-corrected chi connectivity index (χ2v) is 5.91. The molecule has 0 atom stereocenters. The van der Waals surface area contributed by atoms with Crippen LogP contribution < -0.4 is 4.90 Å². The van der Waals surface area contributed by atoms with Gasteiger partial charge in [0.15, 0.2) is 0 Å². The van der Waals surface area contributed by atoms with Gasteiger partial charge in [0.05, 0.1) is 0 Å². The van der Waals surface area contributed by atoms with E-state index < -0.39 is 0 Å². The molecule has 3 nitrogen and oxygen atoms in total. The zero-order valence-corrected chi connectivity index (χ0v) is 11.0. The van der Waals surface area contributed by atoms with Crippen LogP contribution >= 0.6 is 11.6 Å². The van der Waals surface area contributed by atoms with Gasteiger partial charge in [0.25, 0.3) is 0 Å². The number of aryl methyl sites for hydroxylation is 1. The minimum Gasteiger partial charge on any atom is -0.359 e. The van der Waals surface area contributed by atoms with Crippen LogP contribution in [0.15, 0.2) is 6.33 Å². The van der Waals surface area contributed by atoms with Crippen molar-refractivity contribution in [3.63, 3.8) is 0 Å². The molecule has 0 saturated heterocycles. The summed E-state index contributed by atoms with van der Waals surface area (Å²) in [4.78, 5) is 11.1. The number of alkyl halides is 1. The van der Waals surface area contributed by atoms with Crippen LogP contribution in [0.1, 0.15) is 30.5 Å². The van der Waals surface area contributed by atoms with Crippen LogP contribution in [0.4, 0.5) is 5.82 Å². The van der Waals surface area contributed by atoms with Crippen LogP contribution in [0.25, 0.3) is 0 Å². The van der Waals surface area contributed by atoms with E-state index in [-0.39, 0.29) is 0 Å². The Labute approximate surface area is 107 Å². The lowest BCUT2D eigenvalue weighted by Crippen LogP contribution is -2.35. The number of aromatic nitrogens is 2. The quantitative estimate of drug-likeness (QED) is 0.773. The van der Waals surface area contributed by atoms with Crippen LogP contribution in [-0.4, -0.2) is 28.9 Å². The molecule has 2 aliphatic carbocycles. The highest BCUT2D eigenvalue weighted by Gasteiger charge is 2.29. The summed E-state index contributed by atoms with van der Waals surface area (Å²) in [5.74, 6) is 1.89. The molecule has 0 aliphatic heterocycles. The molecule has 17 heavy (non-hydrogen) atoms. The SMILES string of the molecule is CN(CC1CC(Cl)C1)c1ncnc2c1CCC2. The van der Waals surface area contributed by atoms with Gasteiger partial charge < -0.3 is 4.90 Å². The molecule has 0 unspecified atom stereocenters. The summed E-state index contributed by atoms with van der Waals surface area (Å²) in [5.41, 5.74) is 2.63. The van der Waals surface area contributed by atoms with Gasteiger partial charge in [-0.3, -0.25) is 0 Å². The molecular weight excluding hydrogens is 234 g/mol. The van der Waals surface area contributed by atoms with Gasteiger partial charge in [-0.1, -0.05) is 0 Å². The number of fused-ring (bicyclic) bond motifs is 1. The highest BCUT2D eigenvalue weighted by atomic mass is 35.5. The highest BCUT2D eigenvalue weighted by Crippen LogP contribution is 2.34. The molecule has 0 radical (unpaired) electrons. The molecule has 1 fully saturated rings. The van der Waals surface area contributed by atoms with Crippen LogP contribution in [0.3, 0.4) is 0 Å². The van der Waals surface area contributed by atoms with Crippen molar-refractivity contribution in [2.45, 2.75) is 37.5 Å². The van der Waals surface area contributed by atoms with Crippen LogP contribution in [0.5, 0.6) is 0 Å². The van der Waals surface area contributed by atoms with Gasteiger partial charge in [-0.25, -0.2) is 9.97 Å². The van der Waals surface area contributed by atoms with E-state index in [1.807, 2.05) is 0 Å². The molecule has 1 saturated carbocycles. The topological polar surface area (TPSA) is 29.0 Å². The van der Waals surface area contributed by atoms with Gasteiger partial charge in [0.2, 0.25) is 0 Å². The van der Waals surface area contributed by atoms with Gasteiger partial charge in [0.1, 0.15) is 12.1 Å². The minimum absolute atomic E-state index is 0.407. The average molecular weight is 252 g/mol. The fourth-order valence-electron chi connectivity index (χ4n) is 2.95. The van der Waals surface area contributed by atoms with Crippen molar-refractivity contribution in [3.8, 4) is 0 Å². The maximum absolute atomic E-state index is 6.02. The Hall–Kier alpha value is -0.830. The first-order valence-electron chi connectivity index (χ1n) is 6.42. The fourth-order valence-corrected chi connectivity index (χ4v) is 3.45. The second kappa shape index (κ2) is 4.45. The Morgan fingerprint density at radius 1 is 1.35 bits per heavy atom. The van der Waals surface area contributed by atoms with Gasteiger partial charge >= 0.3 is 0 Å². The summed E-state index contributed by atoms with van der Waals surface area (Å²) >= 11 is 6.02. The monoisotopic (exact) mass is 251 g/mol. The molecule has 4 heteroatoms. The molecule has 2 aliphatic rings. The first-order chi connectivity index (χ1) is 8.24. The van der Waals surface area contributed by atoms with Crippen molar-refractivity contribution >= 4 is 17.4 Å². The minimum atomic E-state index is 0.407. The Morgan fingerprint density at radius 3 is 2.94 bits per heavy atom. The van der Waals surface area contributed by atoms with E-state index >= 15 is 0 Å². The molecule has 0 amide bonds. The first-order valence-corrected chi connectivity index (χ1v) is 6.85. The third kappa shape index (κ3) is 2.13. The third-order valence-corrected chi connectivity index (χ3v) is 4.28. The predicted octanol–water partition coefficient (Wildman–Crippen LogP) is 2.42. The van der Waals surface area contributed by atoms with Crippen LogP contribution in [0, 0.1) is 5.92 Å². The summed E-state index contributed by atoms with van der Waals surface area (Å²) < 4.78 is 0.